The van der Waals surface area contributed by atoms with E-state index in [-0.39, 0.29) is 12.4 Å². The summed E-state index contributed by atoms with van der Waals surface area (Å²) in [5.41, 5.74) is -0.00751. The van der Waals surface area contributed by atoms with Gasteiger partial charge in [0.2, 0.25) is 11.7 Å². The maximum atomic E-state index is 13.3. The van der Waals surface area contributed by atoms with Crippen LogP contribution in [0.4, 0.5) is 4.79 Å². The minimum atomic E-state index is -1.27. The van der Waals surface area contributed by atoms with Gasteiger partial charge in [-0.15, -0.1) is 0 Å². The zero-order valence-corrected chi connectivity index (χ0v) is 17.9. The number of fused-ring (bicyclic) bond motifs is 1. The summed E-state index contributed by atoms with van der Waals surface area (Å²) in [5.74, 6) is 1.18. The average molecular weight is 455 g/mol. The lowest BCUT2D eigenvalue weighted by Crippen LogP contribution is -2.40. The minimum absolute atomic E-state index is 0.131. The van der Waals surface area contributed by atoms with Gasteiger partial charge in [-0.1, -0.05) is 35.0 Å². The smallest absolute Gasteiger partial charge is 0.325 e. The highest BCUT2D eigenvalue weighted by atomic mass is 35.5. The number of imide groups is 1. The number of nitrogens with one attached hydrogen (secondary N) is 1. The van der Waals surface area contributed by atoms with Gasteiger partial charge in [-0.05, 0) is 36.8 Å². The molecule has 1 saturated heterocycles. The van der Waals surface area contributed by atoms with E-state index in [4.69, 9.17) is 25.6 Å². The van der Waals surface area contributed by atoms with Gasteiger partial charge < -0.3 is 19.3 Å². The third-order valence-corrected chi connectivity index (χ3v) is 5.68. The number of hydrogen-bond donors (Lipinski definition) is 1. The molecule has 2 aliphatic rings. The first-order valence-corrected chi connectivity index (χ1v) is 10.4. The number of carbonyl (C=O) groups excluding carboxylic acids is 2. The molecule has 1 fully saturated rings. The minimum Gasteiger partial charge on any atom is -0.490 e. The second kappa shape index (κ2) is 7.83. The van der Waals surface area contributed by atoms with Crippen LogP contribution in [0.25, 0.3) is 11.4 Å². The molecule has 5 rings (SSSR count). The van der Waals surface area contributed by atoms with E-state index >= 15 is 0 Å². The van der Waals surface area contributed by atoms with E-state index in [1.54, 1.807) is 49.4 Å². The quantitative estimate of drug-likeness (QED) is 0.601. The highest BCUT2D eigenvalue weighted by Crippen LogP contribution is 2.37. The molecule has 1 atom stereocenters. The summed E-state index contributed by atoms with van der Waals surface area (Å²) in [6.45, 7) is 2.58. The fourth-order valence-electron chi connectivity index (χ4n) is 3.71. The molecule has 10 heteroatoms. The largest absolute Gasteiger partial charge is 0.490 e. The molecule has 32 heavy (non-hydrogen) atoms. The predicted molar refractivity (Wildman–Crippen MR) is 113 cm³/mol. The van der Waals surface area contributed by atoms with E-state index in [0.717, 1.165) is 11.3 Å². The lowest BCUT2D eigenvalue weighted by atomic mass is 9.91. The van der Waals surface area contributed by atoms with Crippen molar-refractivity contribution in [2.24, 2.45) is 0 Å². The molecule has 1 aromatic heterocycles. The van der Waals surface area contributed by atoms with E-state index < -0.39 is 17.5 Å². The van der Waals surface area contributed by atoms with Crippen molar-refractivity contribution in [1.82, 2.24) is 20.4 Å². The van der Waals surface area contributed by atoms with Crippen molar-refractivity contribution < 1.29 is 23.6 Å². The van der Waals surface area contributed by atoms with Gasteiger partial charge in [-0.25, -0.2) is 4.79 Å². The van der Waals surface area contributed by atoms with E-state index in [0.29, 0.717) is 46.7 Å². The van der Waals surface area contributed by atoms with Gasteiger partial charge in [0.25, 0.3) is 5.91 Å². The summed E-state index contributed by atoms with van der Waals surface area (Å²) in [5, 5.41) is 7.23. The molecule has 0 radical (unpaired) electrons. The Morgan fingerprint density at radius 3 is 2.75 bits per heavy atom. The fraction of sp³-hybridized carbons (Fsp3) is 0.273. The van der Waals surface area contributed by atoms with Gasteiger partial charge in [0.05, 0.1) is 13.2 Å². The van der Waals surface area contributed by atoms with E-state index in [1.807, 2.05) is 0 Å². The van der Waals surface area contributed by atoms with Crippen molar-refractivity contribution in [2.45, 2.75) is 25.4 Å². The maximum absolute atomic E-state index is 13.3. The van der Waals surface area contributed by atoms with Crippen molar-refractivity contribution in [1.29, 1.82) is 0 Å². The lowest BCUT2D eigenvalue weighted by Gasteiger charge is -2.23. The molecule has 164 valence electrons. The van der Waals surface area contributed by atoms with Gasteiger partial charge in [-0.2, -0.15) is 4.98 Å². The van der Waals surface area contributed by atoms with Crippen LogP contribution in [0, 0.1) is 0 Å². The highest BCUT2D eigenvalue weighted by molar-refractivity contribution is 6.30. The van der Waals surface area contributed by atoms with Gasteiger partial charge in [0, 0.05) is 17.0 Å². The third-order valence-electron chi connectivity index (χ3n) is 5.44. The van der Waals surface area contributed by atoms with Crippen LogP contribution in [0.3, 0.4) is 0 Å². The lowest BCUT2D eigenvalue weighted by molar-refractivity contribution is -0.131. The van der Waals surface area contributed by atoms with Crippen molar-refractivity contribution in [3.8, 4) is 22.9 Å². The Balaban J connectivity index is 1.38. The Morgan fingerprint density at radius 2 is 1.94 bits per heavy atom. The molecule has 9 nitrogen and oxygen atoms in total. The van der Waals surface area contributed by atoms with Crippen LogP contribution in [0.5, 0.6) is 11.5 Å². The fourth-order valence-corrected chi connectivity index (χ4v) is 3.90. The van der Waals surface area contributed by atoms with Crippen LogP contribution in [0.15, 0.2) is 47.0 Å². The van der Waals surface area contributed by atoms with Crippen molar-refractivity contribution in [2.75, 3.05) is 13.2 Å². The number of nitrogens with zero attached hydrogens (tertiary/aromatic N) is 3. The number of benzene rings is 2. The van der Waals surface area contributed by atoms with Crippen LogP contribution in [-0.4, -0.2) is 40.2 Å². The third kappa shape index (κ3) is 3.54. The molecular weight excluding hydrogens is 436 g/mol. The van der Waals surface area contributed by atoms with Gasteiger partial charge >= 0.3 is 6.03 Å². The molecule has 1 N–H and O–H groups in total. The molecular formula is C22H19ClN4O5. The molecule has 0 spiro atoms. The molecule has 1 unspecified atom stereocenters. The zero-order chi connectivity index (χ0) is 22.3. The first kappa shape index (κ1) is 20.3. The molecule has 3 aromatic rings. The van der Waals surface area contributed by atoms with Crippen LogP contribution in [0.1, 0.15) is 24.8 Å². The van der Waals surface area contributed by atoms with Crippen LogP contribution < -0.4 is 14.8 Å². The summed E-state index contributed by atoms with van der Waals surface area (Å²) in [7, 11) is 0. The summed E-state index contributed by atoms with van der Waals surface area (Å²) in [6, 6.07) is 11.7. The summed E-state index contributed by atoms with van der Waals surface area (Å²) in [4.78, 5) is 31.3. The maximum Gasteiger partial charge on any atom is 0.325 e. The average Bonchev–Trinajstić information content (AvgIpc) is 3.23. The van der Waals surface area contributed by atoms with E-state index in [1.165, 1.54) is 0 Å². The van der Waals surface area contributed by atoms with Crippen LogP contribution >= 0.6 is 11.6 Å². The summed E-state index contributed by atoms with van der Waals surface area (Å²) >= 11 is 6.01. The number of carbonyl (C=O) groups is 2. The van der Waals surface area contributed by atoms with Gasteiger partial charge in [-0.3, -0.25) is 9.69 Å². The predicted octanol–water partition coefficient (Wildman–Crippen LogP) is 3.52. The molecule has 3 heterocycles. The number of rotatable bonds is 4. The van der Waals surface area contributed by atoms with Crippen molar-refractivity contribution >= 4 is 23.5 Å². The van der Waals surface area contributed by atoms with Crippen LogP contribution in [0.2, 0.25) is 5.02 Å². The molecule has 0 aliphatic carbocycles. The molecule has 0 bridgehead atoms. The number of urea groups is 1. The molecule has 3 amide bonds. The standard InChI is InChI=1S/C22H19ClN4O5/c1-22(14-6-7-16-17(11-14)31-9-3-8-30-16)20(28)27(21(29)25-22)12-18-24-19(26-32-18)13-4-2-5-15(23)10-13/h2,4-7,10-11H,3,8-9,12H2,1H3,(H,25,29). The molecule has 2 aliphatic heterocycles. The topological polar surface area (TPSA) is 107 Å². The summed E-state index contributed by atoms with van der Waals surface area (Å²) in [6.07, 6.45) is 0.770. The highest BCUT2D eigenvalue weighted by Gasteiger charge is 2.49. The normalized spacial score (nSPS) is 20.2. The number of hydrogen-bond acceptors (Lipinski definition) is 7. The van der Waals surface area contributed by atoms with E-state index in [9.17, 15) is 9.59 Å². The SMILES string of the molecule is CC1(c2ccc3c(c2)OCCCO3)NC(=O)N(Cc2nc(-c3cccc(Cl)c3)no2)C1=O. The Labute approximate surface area is 188 Å². The monoisotopic (exact) mass is 454 g/mol. The second-order valence-electron chi connectivity index (χ2n) is 7.68. The van der Waals surface area contributed by atoms with Gasteiger partial charge in [0.15, 0.2) is 11.5 Å². The van der Waals surface area contributed by atoms with Crippen molar-refractivity contribution in [3.05, 3.63) is 58.9 Å². The number of aromatic nitrogens is 2. The van der Waals surface area contributed by atoms with Crippen molar-refractivity contribution in [3.63, 3.8) is 0 Å². The summed E-state index contributed by atoms with van der Waals surface area (Å²) < 4.78 is 16.6. The van der Waals surface area contributed by atoms with Gasteiger partial charge in [0.1, 0.15) is 12.1 Å². The van der Waals surface area contributed by atoms with Crippen LogP contribution in [-0.2, 0) is 16.9 Å². The Hall–Kier alpha value is -3.59. The molecule has 2 aromatic carbocycles. The molecule has 0 saturated carbocycles. The first-order valence-electron chi connectivity index (χ1n) is 10.1. The number of ether oxygens (including phenoxy) is 2. The Bertz CT molecular complexity index is 1210. The second-order valence-corrected chi connectivity index (χ2v) is 8.12. The van der Waals surface area contributed by atoms with E-state index in [2.05, 4.69) is 15.5 Å². The zero-order valence-electron chi connectivity index (χ0n) is 17.1. The number of amides is 3. The number of halogens is 1. The Morgan fingerprint density at radius 1 is 1.12 bits per heavy atom. The first-order chi connectivity index (χ1) is 15.4. The Kier molecular flexibility index (Phi) is 4.97.